The fourth-order valence-corrected chi connectivity index (χ4v) is 4.34. The highest BCUT2D eigenvalue weighted by atomic mass is 32.1. The molecule has 7 heteroatoms. The molecular formula is C21H29N3O3S. The van der Waals surface area contributed by atoms with Gasteiger partial charge in [-0.3, -0.25) is 14.2 Å². The maximum atomic E-state index is 12.7. The lowest BCUT2D eigenvalue weighted by atomic mass is 9.78. The predicted molar refractivity (Wildman–Crippen MR) is 113 cm³/mol. The van der Waals surface area contributed by atoms with Gasteiger partial charge in [-0.15, -0.1) is 0 Å². The first-order chi connectivity index (χ1) is 13.2. The highest BCUT2D eigenvalue weighted by Gasteiger charge is 2.35. The largest absolute Gasteiger partial charge is 0.377 e. The van der Waals surface area contributed by atoms with Gasteiger partial charge in [0.1, 0.15) is 0 Å². The van der Waals surface area contributed by atoms with Gasteiger partial charge in [-0.05, 0) is 55.6 Å². The van der Waals surface area contributed by atoms with E-state index in [9.17, 15) is 9.59 Å². The van der Waals surface area contributed by atoms with E-state index in [1.165, 1.54) is 4.57 Å². The van der Waals surface area contributed by atoms with Crippen molar-refractivity contribution < 1.29 is 9.53 Å². The molecule has 1 aromatic heterocycles. The summed E-state index contributed by atoms with van der Waals surface area (Å²) in [5, 5.41) is 3.57. The van der Waals surface area contributed by atoms with Crippen molar-refractivity contribution in [2.45, 2.75) is 53.2 Å². The molecule has 2 atom stereocenters. The topological polar surface area (TPSA) is 76.1 Å². The maximum absolute atomic E-state index is 12.7. The fraction of sp³-hybridized carbons (Fsp3) is 0.571. The zero-order valence-corrected chi connectivity index (χ0v) is 17.8. The van der Waals surface area contributed by atoms with Gasteiger partial charge in [-0.2, -0.15) is 0 Å². The lowest BCUT2D eigenvalue weighted by Gasteiger charge is -2.40. The smallest absolute Gasteiger partial charge is 0.262 e. The van der Waals surface area contributed by atoms with Crippen LogP contribution in [0.5, 0.6) is 0 Å². The van der Waals surface area contributed by atoms with E-state index in [1.807, 2.05) is 6.92 Å². The maximum Gasteiger partial charge on any atom is 0.262 e. The summed E-state index contributed by atoms with van der Waals surface area (Å²) < 4.78 is 7.87. The Labute approximate surface area is 170 Å². The molecule has 0 spiro atoms. The number of nitrogens with one attached hydrogen (secondary N) is 2. The Hall–Kier alpha value is -1.99. The van der Waals surface area contributed by atoms with E-state index in [2.05, 4.69) is 31.1 Å². The molecule has 2 aromatic rings. The summed E-state index contributed by atoms with van der Waals surface area (Å²) in [6, 6.07) is 5.07. The Morgan fingerprint density at radius 3 is 2.82 bits per heavy atom. The molecule has 6 nitrogen and oxygen atoms in total. The average molecular weight is 404 g/mol. The molecule has 2 unspecified atom stereocenters. The molecule has 0 radical (unpaired) electrons. The van der Waals surface area contributed by atoms with E-state index in [0.717, 1.165) is 19.4 Å². The molecule has 1 amide bonds. The second-order valence-electron chi connectivity index (χ2n) is 8.51. The standard InChI is InChI=1S/C21H29N3O3S/c1-5-24-19(26)15-9-8-13(11-16(15)23-20(24)28)18(25)22-12-14-7-6-10-27-17(14)21(2,3)4/h8-9,11,14,17H,5-7,10,12H2,1-4H3,(H,22,25)(H,23,28). The van der Waals surface area contributed by atoms with Crippen LogP contribution >= 0.6 is 12.2 Å². The number of nitrogens with zero attached hydrogens (tertiary/aromatic N) is 1. The summed E-state index contributed by atoms with van der Waals surface area (Å²) in [5.74, 6) is 0.139. The van der Waals surface area contributed by atoms with Crippen molar-refractivity contribution in [1.29, 1.82) is 0 Å². The van der Waals surface area contributed by atoms with Crippen LogP contribution in [0.3, 0.4) is 0 Å². The molecule has 1 fully saturated rings. The predicted octanol–water partition coefficient (Wildman–Crippen LogP) is 3.65. The minimum absolute atomic E-state index is 0.0345. The van der Waals surface area contributed by atoms with Crippen LogP contribution in [0.2, 0.25) is 0 Å². The average Bonchev–Trinajstić information content (AvgIpc) is 2.65. The monoisotopic (exact) mass is 403 g/mol. The number of rotatable bonds is 4. The normalized spacial score (nSPS) is 20.3. The van der Waals surface area contributed by atoms with Gasteiger partial charge in [0, 0.05) is 31.2 Å². The van der Waals surface area contributed by atoms with E-state index >= 15 is 0 Å². The number of aromatic nitrogens is 2. The molecule has 2 N–H and O–H groups in total. The molecule has 3 rings (SSSR count). The first-order valence-corrected chi connectivity index (χ1v) is 10.3. The van der Waals surface area contributed by atoms with Crippen molar-refractivity contribution >= 4 is 29.0 Å². The third-order valence-corrected chi connectivity index (χ3v) is 5.71. The van der Waals surface area contributed by atoms with E-state index in [-0.39, 0.29) is 23.0 Å². The highest BCUT2D eigenvalue weighted by molar-refractivity contribution is 7.71. The highest BCUT2D eigenvalue weighted by Crippen LogP contribution is 2.33. The molecule has 152 valence electrons. The van der Waals surface area contributed by atoms with Gasteiger partial charge in [0.15, 0.2) is 4.77 Å². The third-order valence-electron chi connectivity index (χ3n) is 5.38. The van der Waals surface area contributed by atoms with Crippen molar-refractivity contribution in [2.75, 3.05) is 13.2 Å². The van der Waals surface area contributed by atoms with Crippen LogP contribution in [0.4, 0.5) is 0 Å². The molecule has 0 bridgehead atoms. The first-order valence-electron chi connectivity index (χ1n) is 9.89. The van der Waals surface area contributed by atoms with Crippen LogP contribution in [-0.4, -0.2) is 34.7 Å². The third kappa shape index (κ3) is 4.20. The van der Waals surface area contributed by atoms with E-state index < -0.39 is 0 Å². The zero-order chi connectivity index (χ0) is 20.5. The fourth-order valence-electron chi connectivity index (χ4n) is 4.02. The number of hydrogen-bond acceptors (Lipinski definition) is 4. The lowest BCUT2D eigenvalue weighted by Crippen LogP contribution is -2.45. The first kappa shape index (κ1) is 20.7. The summed E-state index contributed by atoms with van der Waals surface area (Å²) in [6.45, 7) is 10.3. The van der Waals surface area contributed by atoms with Gasteiger partial charge in [0.2, 0.25) is 0 Å². The van der Waals surface area contributed by atoms with Crippen molar-refractivity contribution in [1.82, 2.24) is 14.9 Å². The Kier molecular flexibility index (Phi) is 6.05. The van der Waals surface area contributed by atoms with Crippen LogP contribution in [-0.2, 0) is 11.3 Å². The Bertz CT molecular complexity index is 987. The summed E-state index contributed by atoms with van der Waals surface area (Å²) in [4.78, 5) is 28.2. The Morgan fingerprint density at radius 1 is 1.39 bits per heavy atom. The number of aromatic amines is 1. The molecule has 2 heterocycles. The minimum atomic E-state index is -0.154. The van der Waals surface area contributed by atoms with Gasteiger partial charge in [0.25, 0.3) is 11.5 Å². The number of carbonyl (C=O) groups is 1. The lowest BCUT2D eigenvalue weighted by molar-refractivity contribution is -0.0839. The van der Waals surface area contributed by atoms with Gasteiger partial charge >= 0.3 is 0 Å². The Balaban J connectivity index is 1.78. The van der Waals surface area contributed by atoms with E-state index in [1.54, 1.807) is 18.2 Å². The number of ether oxygens (including phenoxy) is 1. The molecule has 28 heavy (non-hydrogen) atoms. The quantitative estimate of drug-likeness (QED) is 0.764. The van der Waals surface area contributed by atoms with Gasteiger partial charge in [0.05, 0.1) is 17.0 Å². The number of hydrogen-bond donors (Lipinski definition) is 2. The van der Waals surface area contributed by atoms with Gasteiger partial charge in [-0.25, -0.2) is 0 Å². The summed E-state index contributed by atoms with van der Waals surface area (Å²) in [5.41, 5.74) is 0.990. The Morgan fingerprint density at radius 2 is 2.14 bits per heavy atom. The summed E-state index contributed by atoms with van der Waals surface area (Å²) >= 11 is 5.25. The molecule has 1 saturated heterocycles. The number of fused-ring (bicyclic) bond motifs is 1. The van der Waals surface area contributed by atoms with Gasteiger partial charge in [-0.1, -0.05) is 20.8 Å². The van der Waals surface area contributed by atoms with Crippen LogP contribution < -0.4 is 10.9 Å². The van der Waals surface area contributed by atoms with Crippen LogP contribution in [0.1, 0.15) is 50.9 Å². The van der Waals surface area contributed by atoms with E-state index in [0.29, 0.717) is 40.2 Å². The van der Waals surface area contributed by atoms with Crippen molar-refractivity contribution in [3.63, 3.8) is 0 Å². The SMILES string of the molecule is CCn1c(=S)[nH]c2cc(C(=O)NCC3CCCOC3C(C)(C)C)ccc2c1=O. The molecule has 1 aliphatic rings. The molecule has 1 aliphatic heterocycles. The molecule has 0 saturated carbocycles. The van der Waals surface area contributed by atoms with Gasteiger partial charge < -0.3 is 15.0 Å². The molecule has 0 aliphatic carbocycles. The van der Waals surface area contributed by atoms with Crippen molar-refractivity contribution in [3.05, 3.63) is 38.9 Å². The summed E-state index contributed by atoms with van der Waals surface area (Å²) in [7, 11) is 0. The summed E-state index contributed by atoms with van der Waals surface area (Å²) in [6.07, 6.45) is 2.19. The zero-order valence-electron chi connectivity index (χ0n) is 17.0. The molecular weight excluding hydrogens is 374 g/mol. The number of carbonyl (C=O) groups excluding carboxylic acids is 1. The van der Waals surface area contributed by atoms with Crippen molar-refractivity contribution in [3.8, 4) is 0 Å². The van der Waals surface area contributed by atoms with Crippen LogP contribution in [0.15, 0.2) is 23.0 Å². The second-order valence-corrected chi connectivity index (χ2v) is 8.90. The number of H-pyrrole nitrogens is 1. The minimum Gasteiger partial charge on any atom is -0.377 e. The van der Waals surface area contributed by atoms with Crippen LogP contribution in [0.25, 0.3) is 10.9 Å². The van der Waals surface area contributed by atoms with Crippen molar-refractivity contribution in [2.24, 2.45) is 11.3 Å². The molecule has 1 aromatic carbocycles. The van der Waals surface area contributed by atoms with E-state index in [4.69, 9.17) is 17.0 Å². The number of amides is 1. The second kappa shape index (κ2) is 8.17. The number of benzene rings is 1. The van der Waals surface area contributed by atoms with Crippen LogP contribution in [0, 0.1) is 16.1 Å².